The fourth-order valence-electron chi connectivity index (χ4n) is 2.93. The van der Waals surface area contributed by atoms with E-state index >= 15 is 0 Å². The van der Waals surface area contributed by atoms with Gasteiger partial charge < -0.3 is 5.32 Å². The molecular formula is C21H20FN3O3S. The molecule has 1 atom stereocenters. The molecule has 2 N–H and O–H groups in total. The molecule has 1 aromatic heterocycles. The lowest BCUT2D eigenvalue weighted by Gasteiger charge is -2.18. The summed E-state index contributed by atoms with van der Waals surface area (Å²) in [5, 5.41) is 19.0. The van der Waals surface area contributed by atoms with Crippen LogP contribution in [0.1, 0.15) is 27.6 Å². The van der Waals surface area contributed by atoms with Crippen LogP contribution in [-0.4, -0.2) is 17.4 Å². The van der Waals surface area contributed by atoms with Crippen LogP contribution in [0.4, 0.5) is 15.8 Å². The largest absolute Gasteiger partial charge is 0.319 e. The van der Waals surface area contributed by atoms with Gasteiger partial charge in [-0.25, -0.2) is 4.39 Å². The van der Waals surface area contributed by atoms with E-state index in [1.165, 1.54) is 29.5 Å². The molecular weight excluding hydrogens is 393 g/mol. The Morgan fingerprint density at radius 1 is 1.17 bits per heavy atom. The van der Waals surface area contributed by atoms with E-state index in [-0.39, 0.29) is 29.8 Å². The number of nitrogens with one attached hydrogen (secondary N) is 2. The molecule has 8 heteroatoms. The molecule has 0 aliphatic heterocycles. The van der Waals surface area contributed by atoms with Crippen molar-refractivity contribution in [1.29, 1.82) is 0 Å². The summed E-state index contributed by atoms with van der Waals surface area (Å²) in [4.78, 5) is 24.3. The lowest BCUT2D eigenvalue weighted by atomic mass is 10.1. The average molecular weight is 413 g/mol. The van der Waals surface area contributed by atoms with Gasteiger partial charge in [-0.2, -0.15) is 0 Å². The normalized spacial score (nSPS) is 11.8. The molecule has 29 heavy (non-hydrogen) atoms. The second-order valence-electron chi connectivity index (χ2n) is 6.64. The first-order chi connectivity index (χ1) is 13.8. The predicted molar refractivity (Wildman–Crippen MR) is 112 cm³/mol. The highest BCUT2D eigenvalue weighted by atomic mass is 32.1. The van der Waals surface area contributed by atoms with Crippen LogP contribution in [0.15, 0.2) is 53.9 Å². The number of aryl methyl sites for hydroxylation is 2. The van der Waals surface area contributed by atoms with Crippen LogP contribution < -0.4 is 10.6 Å². The van der Waals surface area contributed by atoms with Crippen molar-refractivity contribution in [2.24, 2.45) is 0 Å². The maximum Gasteiger partial charge on any atom is 0.293 e. The Bertz CT molecular complexity index is 1020. The first-order valence-electron chi connectivity index (χ1n) is 8.93. The van der Waals surface area contributed by atoms with Gasteiger partial charge in [-0.1, -0.05) is 18.2 Å². The van der Waals surface area contributed by atoms with Gasteiger partial charge in [0.25, 0.3) is 5.69 Å². The first kappa shape index (κ1) is 20.6. The number of thiophene rings is 1. The third-order valence-corrected chi connectivity index (χ3v) is 5.52. The number of halogens is 1. The molecule has 0 aliphatic rings. The number of nitrogens with zero attached hydrogens (tertiary/aromatic N) is 1. The van der Waals surface area contributed by atoms with E-state index < -0.39 is 10.8 Å². The summed E-state index contributed by atoms with van der Waals surface area (Å²) in [7, 11) is 0. The highest BCUT2D eigenvalue weighted by molar-refractivity contribution is 7.10. The molecule has 2 aromatic carbocycles. The molecule has 1 unspecified atom stereocenters. The zero-order chi connectivity index (χ0) is 21.0. The van der Waals surface area contributed by atoms with Crippen molar-refractivity contribution >= 4 is 28.6 Å². The number of carbonyl (C=O) groups is 1. The van der Waals surface area contributed by atoms with Crippen molar-refractivity contribution in [3.8, 4) is 0 Å². The Hall–Kier alpha value is -3.10. The fourth-order valence-corrected chi connectivity index (χ4v) is 3.76. The smallest absolute Gasteiger partial charge is 0.293 e. The molecule has 0 aliphatic carbocycles. The molecule has 1 amide bonds. The Morgan fingerprint density at radius 2 is 1.86 bits per heavy atom. The predicted octanol–water partition coefficient (Wildman–Crippen LogP) is 4.73. The van der Waals surface area contributed by atoms with Gasteiger partial charge in [0.05, 0.1) is 17.5 Å². The summed E-state index contributed by atoms with van der Waals surface area (Å²) in [5.74, 6) is -0.738. The maximum atomic E-state index is 13.3. The third kappa shape index (κ3) is 5.04. The standard InChI is InChI=1S/C21H20FN3O3S/c1-13-10-17(18(25(27)28)11-14(13)2)24-20(26)12-23-21(19-4-3-9-29-19)15-5-7-16(22)8-6-15/h3-11,21,23H,12H2,1-2H3,(H,24,26). The number of hydrogen-bond donors (Lipinski definition) is 2. The molecule has 6 nitrogen and oxygen atoms in total. The van der Waals surface area contributed by atoms with E-state index in [1.807, 2.05) is 24.4 Å². The van der Waals surface area contributed by atoms with Gasteiger partial charge in [0.1, 0.15) is 11.5 Å². The van der Waals surface area contributed by atoms with Crippen LogP contribution in [0.3, 0.4) is 0 Å². The Labute approximate surface area is 171 Å². The summed E-state index contributed by atoms with van der Waals surface area (Å²) in [6, 6.07) is 12.7. The number of anilines is 1. The van der Waals surface area contributed by atoms with Crippen molar-refractivity contribution in [3.05, 3.63) is 91.4 Å². The van der Waals surface area contributed by atoms with Crippen molar-refractivity contribution < 1.29 is 14.1 Å². The van der Waals surface area contributed by atoms with E-state index in [9.17, 15) is 19.3 Å². The molecule has 3 rings (SSSR count). The van der Waals surface area contributed by atoms with Crippen LogP contribution in [0.25, 0.3) is 0 Å². The topological polar surface area (TPSA) is 84.3 Å². The van der Waals surface area contributed by atoms with E-state index in [4.69, 9.17) is 0 Å². The quantitative estimate of drug-likeness (QED) is 0.433. The fraction of sp³-hybridized carbons (Fsp3) is 0.190. The van der Waals surface area contributed by atoms with E-state index in [0.717, 1.165) is 21.6 Å². The summed E-state index contributed by atoms with van der Waals surface area (Å²) < 4.78 is 13.3. The minimum Gasteiger partial charge on any atom is -0.319 e. The highest BCUT2D eigenvalue weighted by Crippen LogP contribution is 2.28. The van der Waals surface area contributed by atoms with Gasteiger partial charge in [-0.3, -0.25) is 20.2 Å². The molecule has 150 valence electrons. The summed E-state index contributed by atoms with van der Waals surface area (Å²) >= 11 is 1.52. The van der Waals surface area contributed by atoms with Crippen molar-refractivity contribution in [2.75, 3.05) is 11.9 Å². The highest BCUT2D eigenvalue weighted by Gasteiger charge is 2.20. The van der Waals surface area contributed by atoms with Gasteiger partial charge in [-0.05, 0) is 60.2 Å². The van der Waals surface area contributed by atoms with Gasteiger partial charge in [-0.15, -0.1) is 11.3 Å². The molecule has 0 fully saturated rings. The summed E-state index contributed by atoms with van der Waals surface area (Å²) in [5.41, 5.74) is 2.47. The molecule has 0 saturated heterocycles. The number of carbonyl (C=O) groups excluding carboxylic acids is 1. The zero-order valence-corrected chi connectivity index (χ0v) is 16.8. The Kier molecular flexibility index (Phi) is 6.36. The second-order valence-corrected chi connectivity index (χ2v) is 7.62. The SMILES string of the molecule is Cc1cc(NC(=O)CNC(c2ccc(F)cc2)c2cccs2)c([N+](=O)[O-])cc1C. The minimum absolute atomic E-state index is 0.0655. The van der Waals surface area contributed by atoms with Gasteiger partial charge >= 0.3 is 0 Å². The molecule has 0 radical (unpaired) electrons. The molecule has 0 bridgehead atoms. The van der Waals surface area contributed by atoms with Crippen LogP contribution in [0.2, 0.25) is 0 Å². The van der Waals surface area contributed by atoms with Gasteiger partial charge in [0.15, 0.2) is 0 Å². The average Bonchev–Trinajstić information content (AvgIpc) is 3.20. The van der Waals surface area contributed by atoms with E-state index in [2.05, 4.69) is 10.6 Å². The van der Waals surface area contributed by atoms with Gasteiger partial charge in [0.2, 0.25) is 5.91 Å². The van der Waals surface area contributed by atoms with Gasteiger partial charge in [0, 0.05) is 10.9 Å². The summed E-state index contributed by atoms with van der Waals surface area (Å²) in [6.07, 6.45) is 0. The number of benzene rings is 2. The van der Waals surface area contributed by atoms with Crippen LogP contribution in [-0.2, 0) is 4.79 Å². The van der Waals surface area contributed by atoms with Crippen molar-refractivity contribution in [1.82, 2.24) is 5.32 Å². The maximum absolute atomic E-state index is 13.3. The van der Waals surface area contributed by atoms with Crippen molar-refractivity contribution in [2.45, 2.75) is 19.9 Å². The monoisotopic (exact) mass is 413 g/mol. The van der Waals surface area contributed by atoms with Crippen LogP contribution >= 0.6 is 11.3 Å². The molecule has 0 saturated carbocycles. The molecule has 3 aromatic rings. The van der Waals surface area contributed by atoms with Crippen molar-refractivity contribution in [3.63, 3.8) is 0 Å². The lowest BCUT2D eigenvalue weighted by molar-refractivity contribution is -0.384. The van der Waals surface area contributed by atoms with Crippen LogP contribution in [0.5, 0.6) is 0 Å². The minimum atomic E-state index is -0.511. The third-order valence-electron chi connectivity index (χ3n) is 4.58. The Morgan fingerprint density at radius 3 is 2.48 bits per heavy atom. The summed E-state index contributed by atoms with van der Waals surface area (Å²) in [6.45, 7) is 3.54. The molecule has 1 heterocycles. The Balaban J connectivity index is 1.75. The number of amides is 1. The lowest BCUT2D eigenvalue weighted by Crippen LogP contribution is -2.31. The second kappa shape index (κ2) is 8.93. The van der Waals surface area contributed by atoms with Crippen LogP contribution in [0, 0.1) is 29.8 Å². The first-order valence-corrected chi connectivity index (χ1v) is 9.81. The molecule has 0 spiro atoms. The zero-order valence-electron chi connectivity index (χ0n) is 15.9. The number of nitro benzene ring substituents is 1. The number of hydrogen-bond acceptors (Lipinski definition) is 5. The number of rotatable bonds is 7. The van der Waals surface area contributed by atoms with E-state index in [1.54, 1.807) is 25.1 Å². The number of nitro groups is 1. The van der Waals surface area contributed by atoms with E-state index in [0.29, 0.717) is 0 Å².